The quantitative estimate of drug-likeness (QED) is 0.756. The van der Waals surface area contributed by atoms with Gasteiger partial charge < -0.3 is 4.52 Å². The Hall–Kier alpha value is -1.97. The van der Waals surface area contributed by atoms with Gasteiger partial charge in [0.2, 0.25) is 0 Å². The summed E-state index contributed by atoms with van der Waals surface area (Å²) in [6.07, 6.45) is 0.626. The van der Waals surface area contributed by atoms with Gasteiger partial charge in [0.1, 0.15) is 9.97 Å². The summed E-state index contributed by atoms with van der Waals surface area (Å²) in [5.74, 6) is 0.694. The predicted molar refractivity (Wildman–Crippen MR) is 93.9 cm³/mol. The van der Waals surface area contributed by atoms with Gasteiger partial charge >= 0.3 is 0 Å². The summed E-state index contributed by atoms with van der Waals surface area (Å²) in [7, 11) is -3.54. The summed E-state index contributed by atoms with van der Waals surface area (Å²) in [5, 5.41) is 11.1. The lowest BCUT2D eigenvalue weighted by molar-refractivity contribution is 0.390. The van der Waals surface area contributed by atoms with Crippen LogP contribution in [0.5, 0.6) is 0 Å². The molecule has 3 aromatic rings. The van der Waals surface area contributed by atoms with Crippen molar-refractivity contribution in [3.05, 3.63) is 40.5 Å². The van der Waals surface area contributed by atoms with Crippen molar-refractivity contribution >= 4 is 21.4 Å². The van der Waals surface area contributed by atoms with Crippen LogP contribution in [0, 0.1) is 20.8 Å². The Labute approximate surface area is 149 Å². The first-order valence-corrected chi connectivity index (χ1v) is 10.2. The van der Waals surface area contributed by atoms with Crippen LogP contribution in [-0.2, 0) is 23.0 Å². The highest BCUT2D eigenvalue weighted by molar-refractivity contribution is 7.91. The minimum atomic E-state index is -3.54. The fourth-order valence-corrected chi connectivity index (χ4v) is 6.18. The number of nitrogens with zero attached hydrogens (tertiary/aromatic N) is 3. The first kappa shape index (κ1) is 16.5. The molecule has 0 amide bonds. The molecule has 0 radical (unpaired) electrons. The fourth-order valence-electron chi connectivity index (χ4n) is 3.17. The van der Waals surface area contributed by atoms with E-state index in [0.29, 0.717) is 29.5 Å². The van der Waals surface area contributed by atoms with E-state index >= 15 is 0 Å². The van der Waals surface area contributed by atoms with Gasteiger partial charge in [0, 0.05) is 35.6 Å². The van der Waals surface area contributed by atoms with Gasteiger partial charge in [0.05, 0.1) is 17.0 Å². The van der Waals surface area contributed by atoms with Crippen LogP contribution in [0.2, 0.25) is 0 Å². The molecule has 0 bridgehead atoms. The largest absolute Gasteiger partial charge is 0.361 e. The van der Waals surface area contributed by atoms with Crippen LogP contribution in [0.25, 0.3) is 10.4 Å². The summed E-state index contributed by atoms with van der Waals surface area (Å²) in [6, 6.07) is 3.49. The van der Waals surface area contributed by atoms with Crippen molar-refractivity contribution in [2.45, 2.75) is 37.9 Å². The standard InChI is InChI=1S/C16H18N4O3S2/c1-9-12-8-20(7-6-13(12)18-17-9)25(21,22)15-5-4-14(24-15)16-10(2)19-23-11(16)3/h4-5H,6-8H2,1-3H3,(H,17,18). The number of hydrogen-bond donors (Lipinski definition) is 1. The van der Waals surface area contributed by atoms with Crippen LogP contribution >= 0.6 is 11.3 Å². The van der Waals surface area contributed by atoms with Crippen LogP contribution in [0.1, 0.15) is 28.4 Å². The summed E-state index contributed by atoms with van der Waals surface area (Å²) >= 11 is 1.25. The Balaban J connectivity index is 1.67. The lowest BCUT2D eigenvalue weighted by Gasteiger charge is -2.25. The van der Waals surface area contributed by atoms with E-state index < -0.39 is 10.0 Å². The third-order valence-electron chi connectivity index (χ3n) is 4.55. The van der Waals surface area contributed by atoms with Crippen LogP contribution in [-0.4, -0.2) is 34.6 Å². The number of aromatic nitrogens is 3. The molecule has 4 rings (SSSR count). The zero-order chi connectivity index (χ0) is 17.8. The Morgan fingerprint density at radius 3 is 2.80 bits per heavy atom. The van der Waals surface area contributed by atoms with Crippen molar-refractivity contribution in [3.8, 4) is 10.4 Å². The lowest BCUT2D eigenvalue weighted by Crippen LogP contribution is -2.35. The number of rotatable bonds is 3. The van der Waals surface area contributed by atoms with Crippen LogP contribution in [0.4, 0.5) is 0 Å². The van der Waals surface area contributed by atoms with E-state index in [1.165, 1.54) is 15.6 Å². The maximum atomic E-state index is 13.0. The first-order valence-electron chi connectivity index (χ1n) is 7.94. The van der Waals surface area contributed by atoms with Gasteiger partial charge in [-0.15, -0.1) is 11.3 Å². The topological polar surface area (TPSA) is 92.1 Å². The number of fused-ring (bicyclic) bond motifs is 1. The normalized spacial score (nSPS) is 15.5. The Morgan fingerprint density at radius 1 is 1.28 bits per heavy atom. The molecule has 0 saturated heterocycles. The van der Waals surface area contributed by atoms with Gasteiger partial charge in [-0.3, -0.25) is 5.10 Å². The third kappa shape index (κ3) is 2.62. The molecular formula is C16H18N4O3S2. The average molecular weight is 378 g/mol. The van der Waals surface area contributed by atoms with E-state index in [1.54, 1.807) is 6.07 Å². The van der Waals surface area contributed by atoms with Gasteiger partial charge in [0.15, 0.2) is 0 Å². The highest BCUT2D eigenvalue weighted by atomic mass is 32.2. The minimum Gasteiger partial charge on any atom is -0.361 e. The number of aromatic amines is 1. The van der Waals surface area contributed by atoms with Gasteiger partial charge in [0.25, 0.3) is 10.0 Å². The molecule has 25 heavy (non-hydrogen) atoms. The molecule has 3 aromatic heterocycles. The second-order valence-electron chi connectivity index (χ2n) is 6.18. The minimum absolute atomic E-state index is 0.340. The molecule has 9 heteroatoms. The first-order chi connectivity index (χ1) is 11.9. The molecule has 0 aliphatic carbocycles. The highest BCUT2D eigenvalue weighted by Crippen LogP contribution is 2.36. The number of hydrogen-bond acceptors (Lipinski definition) is 6. The molecular weight excluding hydrogens is 360 g/mol. The van der Waals surface area contributed by atoms with E-state index in [0.717, 1.165) is 33.1 Å². The SMILES string of the molecule is Cc1noc(C)c1-c1ccc(S(=O)(=O)N2CCc3n[nH]c(C)c3C2)s1. The van der Waals surface area contributed by atoms with Crippen molar-refractivity contribution in [2.75, 3.05) is 6.54 Å². The monoisotopic (exact) mass is 378 g/mol. The molecule has 7 nitrogen and oxygen atoms in total. The predicted octanol–water partition coefficient (Wildman–Crippen LogP) is 2.80. The summed E-state index contributed by atoms with van der Waals surface area (Å²) in [6.45, 7) is 6.41. The number of nitrogens with one attached hydrogen (secondary N) is 1. The van der Waals surface area contributed by atoms with Crippen molar-refractivity contribution in [1.29, 1.82) is 0 Å². The summed E-state index contributed by atoms with van der Waals surface area (Å²) in [4.78, 5) is 0.854. The Morgan fingerprint density at radius 2 is 2.08 bits per heavy atom. The van der Waals surface area contributed by atoms with Gasteiger partial charge in [-0.1, -0.05) is 5.16 Å². The molecule has 0 unspecified atom stereocenters. The van der Waals surface area contributed by atoms with Crippen molar-refractivity contribution in [3.63, 3.8) is 0 Å². The van der Waals surface area contributed by atoms with E-state index in [-0.39, 0.29) is 0 Å². The maximum Gasteiger partial charge on any atom is 0.252 e. The van der Waals surface area contributed by atoms with E-state index in [9.17, 15) is 8.42 Å². The van der Waals surface area contributed by atoms with E-state index in [2.05, 4.69) is 15.4 Å². The van der Waals surface area contributed by atoms with Crippen LogP contribution in [0.3, 0.4) is 0 Å². The van der Waals surface area contributed by atoms with Crippen molar-refractivity contribution < 1.29 is 12.9 Å². The van der Waals surface area contributed by atoms with Crippen LogP contribution < -0.4 is 0 Å². The van der Waals surface area contributed by atoms with E-state index in [1.807, 2.05) is 26.8 Å². The Bertz CT molecular complexity index is 1030. The summed E-state index contributed by atoms with van der Waals surface area (Å²) < 4.78 is 33.2. The third-order valence-corrected chi connectivity index (χ3v) is 7.96. The molecule has 132 valence electrons. The highest BCUT2D eigenvalue weighted by Gasteiger charge is 2.32. The molecule has 1 aliphatic rings. The molecule has 1 aliphatic heterocycles. The zero-order valence-electron chi connectivity index (χ0n) is 14.2. The lowest BCUT2D eigenvalue weighted by atomic mass is 10.1. The number of aryl methyl sites for hydroxylation is 3. The van der Waals surface area contributed by atoms with E-state index in [4.69, 9.17) is 4.52 Å². The molecule has 4 heterocycles. The number of H-pyrrole nitrogens is 1. The zero-order valence-corrected chi connectivity index (χ0v) is 15.8. The average Bonchev–Trinajstić information content (AvgIpc) is 3.28. The molecule has 0 fully saturated rings. The second-order valence-corrected chi connectivity index (χ2v) is 9.43. The van der Waals surface area contributed by atoms with Crippen molar-refractivity contribution in [2.24, 2.45) is 0 Å². The molecule has 0 spiro atoms. The summed E-state index contributed by atoms with van der Waals surface area (Å²) in [5.41, 5.74) is 4.51. The Kier molecular flexibility index (Phi) is 3.82. The molecule has 1 N–H and O–H groups in total. The van der Waals surface area contributed by atoms with Gasteiger partial charge in [-0.05, 0) is 32.9 Å². The molecule has 0 atom stereocenters. The number of thiophene rings is 1. The van der Waals surface area contributed by atoms with Gasteiger partial charge in [-0.2, -0.15) is 9.40 Å². The molecule has 0 aromatic carbocycles. The molecule has 0 saturated carbocycles. The van der Waals surface area contributed by atoms with Gasteiger partial charge in [-0.25, -0.2) is 8.42 Å². The fraction of sp³-hybridized carbons (Fsp3) is 0.375. The number of sulfonamides is 1. The smallest absolute Gasteiger partial charge is 0.252 e. The van der Waals surface area contributed by atoms with Crippen molar-refractivity contribution in [1.82, 2.24) is 19.7 Å². The second kappa shape index (κ2) is 5.79. The maximum absolute atomic E-state index is 13.0. The van der Waals surface area contributed by atoms with Crippen LogP contribution in [0.15, 0.2) is 20.9 Å².